The van der Waals surface area contributed by atoms with E-state index in [0.29, 0.717) is 24.3 Å². The summed E-state index contributed by atoms with van der Waals surface area (Å²) in [6.45, 7) is -1.03. The molecule has 1 fully saturated rings. The molecule has 1 amide bonds. The number of rotatable bonds is 10. The van der Waals surface area contributed by atoms with Gasteiger partial charge in [0.1, 0.15) is 31.0 Å². The smallest absolute Gasteiger partial charge is 0.407 e. The first kappa shape index (κ1) is 28.4. The highest BCUT2D eigenvalue weighted by atomic mass is 32.2. The van der Waals surface area contributed by atoms with Gasteiger partial charge in [-0.15, -0.1) is 0 Å². The van der Waals surface area contributed by atoms with Crippen LogP contribution >= 0.6 is 0 Å². The molecular formula is C17H25NO13S3. The lowest BCUT2D eigenvalue weighted by atomic mass is 9.97. The van der Waals surface area contributed by atoms with Gasteiger partial charge in [-0.1, -0.05) is 30.3 Å². The lowest BCUT2D eigenvalue weighted by Gasteiger charge is -2.43. The van der Waals surface area contributed by atoms with Crippen molar-refractivity contribution >= 4 is 36.4 Å². The van der Waals surface area contributed by atoms with Crippen molar-refractivity contribution in [3.05, 3.63) is 35.9 Å². The molecule has 0 unspecified atom stereocenters. The standard InChI is InChI=1S/C17H25NO13S3/c1-32(21,22)28-10-12-14(30-33(2,23)24)15(31-34(3,25)26)13(16(19)29-12)18-17(20)27-9-11-7-5-4-6-8-11/h4-8,12-16,19H,9-10H2,1-3H3,(H,18,20)/t12-,13-,14-,15-,16+/m1/s1. The summed E-state index contributed by atoms with van der Waals surface area (Å²) in [6.07, 6.45) is -6.51. The molecule has 17 heteroatoms. The fraction of sp³-hybridized carbons (Fsp3) is 0.588. The lowest BCUT2D eigenvalue weighted by Crippen LogP contribution is -2.66. The van der Waals surface area contributed by atoms with Crippen molar-refractivity contribution in [2.24, 2.45) is 0 Å². The second-order valence-electron chi connectivity index (χ2n) is 7.32. The molecule has 1 heterocycles. The number of hydrogen-bond acceptors (Lipinski definition) is 13. The number of ether oxygens (including phenoxy) is 2. The molecule has 0 radical (unpaired) electrons. The third-order valence-corrected chi connectivity index (χ3v) is 5.89. The fourth-order valence-corrected chi connectivity index (χ4v) is 4.58. The molecule has 0 aromatic heterocycles. The van der Waals surface area contributed by atoms with Gasteiger partial charge in [0, 0.05) is 0 Å². The topological polar surface area (TPSA) is 198 Å². The van der Waals surface area contributed by atoms with Gasteiger partial charge in [0.15, 0.2) is 6.29 Å². The lowest BCUT2D eigenvalue weighted by molar-refractivity contribution is -0.240. The molecule has 14 nitrogen and oxygen atoms in total. The van der Waals surface area contributed by atoms with Gasteiger partial charge in [0.2, 0.25) is 0 Å². The van der Waals surface area contributed by atoms with Gasteiger partial charge in [-0.2, -0.15) is 25.3 Å². The van der Waals surface area contributed by atoms with Gasteiger partial charge in [-0.3, -0.25) is 12.5 Å². The number of carbonyl (C=O) groups excluding carboxylic acids is 1. The van der Waals surface area contributed by atoms with Gasteiger partial charge >= 0.3 is 6.09 Å². The number of alkyl carbamates (subject to hydrolysis) is 1. The van der Waals surface area contributed by atoms with Crippen LogP contribution in [0.15, 0.2) is 30.3 Å². The van der Waals surface area contributed by atoms with E-state index < -0.39 is 73.7 Å². The number of benzene rings is 1. The van der Waals surface area contributed by atoms with Crippen LogP contribution in [0.1, 0.15) is 5.56 Å². The van der Waals surface area contributed by atoms with Gasteiger partial charge in [0.05, 0.1) is 25.4 Å². The Balaban J connectivity index is 2.30. The Labute approximate surface area is 197 Å². The van der Waals surface area contributed by atoms with Crippen molar-refractivity contribution < 1.29 is 57.2 Å². The van der Waals surface area contributed by atoms with Crippen LogP contribution in [-0.4, -0.2) is 92.5 Å². The first-order chi connectivity index (χ1) is 15.5. The first-order valence-electron chi connectivity index (χ1n) is 9.46. The predicted molar refractivity (Wildman–Crippen MR) is 115 cm³/mol. The molecule has 0 bridgehead atoms. The second kappa shape index (κ2) is 11.3. The number of carbonyl (C=O) groups is 1. The SMILES string of the molecule is CS(=O)(=O)OC[C@H]1O[C@H](O)[C@H](NC(=O)OCc2ccccc2)[C@@H](OS(C)(=O)=O)[C@@H]1OS(C)(=O)=O. The summed E-state index contributed by atoms with van der Waals surface area (Å²) in [5.74, 6) is 0. The average molecular weight is 548 g/mol. The Morgan fingerprint density at radius 1 is 0.941 bits per heavy atom. The van der Waals surface area contributed by atoms with Crippen LogP contribution in [0.4, 0.5) is 4.79 Å². The summed E-state index contributed by atoms with van der Waals surface area (Å²) in [5.41, 5.74) is 0.623. The Morgan fingerprint density at radius 2 is 1.50 bits per heavy atom. The number of aliphatic hydroxyl groups is 1. The minimum Gasteiger partial charge on any atom is -0.445 e. The largest absolute Gasteiger partial charge is 0.445 e. The van der Waals surface area contributed by atoms with Gasteiger partial charge in [-0.05, 0) is 5.56 Å². The first-order valence-corrected chi connectivity index (χ1v) is 14.9. The Hall–Kier alpha value is -1.86. The van der Waals surface area contributed by atoms with Crippen LogP contribution in [0.5, 0.6) is 0 Å². The van der Waals surface area contributed by atoms with E-state index in [2.05, 4.69) is 9.50 Å². The maximum Gasteiger partial charge on any atom is 0.407 e. The predicted octanol–water partition coefficient (Wildman–Crippen LogP) is -1.34. The van der Waals surface area contributed by atoms with Crippen LogP contribution in [0.3, 0.4) is 0 Å². The fourth-order valence-electron chi connectivity index (χ4n) is 2.93. The summed E-state index contributed by atoms with van der Waals surface area (Å²) in [5, 5.41) is 12.6. The molecule has 1 aliphatic rings. The zero-order chi connectivity index (χ0) is 25.7. The highest BCUT2D eigenvalue weighted by molar-refractivity contribution is 7.86. The zero-order valence-electron chi connectivity index (χ0n) is 18.3. The maximum atomic E-state index is 12.3. The molecular weight excluding hydrogens is 522 g/mol. The van der Waals surface area contributed by atoms with E-state index in [1.54, 1.807) is 30.3 Å². The molecule has 1 aromatic carbocycles. The molecule has 2 N–H and O–H groups in total. The molecule has 5 atom stereocenters. The van der Waals surface area contributed by atoms with E-state index in [-0.39, 0.29) is 6.61 Å². The van der Waals surface area contributed by atoms with Crippen molar-refractivity contribution in [1.82, 2.24) is 5.32 Å². The number of hydrogen-bond donors (Lipinski definition) is 2. The summed E-state index contributed by atoms with van der Waals surface area (Å²) < 4.78 is 94.7. The van der Waals surface area contributed by atoms with Crippen molar-refractivity contribution in [2.75, 3.05) is 25.4 Å². The second-order valence-corrected chi connectivity index (χ2v) is 12.2. The normalized spacial score (nSPS) is 26.1. The third-order valence-electron chi connectivity index (χ3n) is 4.18. The minimum atomic E-state index is -4.32. The molecule has 1 aliphatic heterocycles. The van der Waals surface area contributed by atoms with E-state index >= 15 is 0 Å². The number of amides is 1. The Bertz CT molecular complexity index is 1150. The van der Waals surface area contributed by atoms with Crippen LogP contribution in [0, 0.1) is 0 Å². The van der Waals surface area contributed by atoms with Gasteiger partial charge in [-0.25, -0.2) is 4.79 Å². The molecule has 1 aromatic rings. The van der Waals surface area contributed by atoms with E-state index in [1.807, 2.05) is 0 Å². The Morgan fingerprint density at radius 3 is 2.03 bits per heavy atom. The molecule has 2 rings (SSSR count). The number of nitrogens with one attached hydrogen (secondary N) is 1. The molecule has 1 saturated heterocycles. The molecule has 0 aliphatic carbocycles. The van der Waals surface area contributed by atoms with Gasteiger partial charge < -0.3 is 19.9 Å². The summed E-state index contributed by atoms with van der Waals surface area (Å²) in [6, 6.07) is 6.79. The van der Waals surface area contributed by atoms with E-state index in [4.69, 9.17) is 17.8 Å². The van der Waals surface area contributed by atoms with Crippen molar-refractivity contribution in [2.45, 2.75) is 37.3 Å². The number of aliphatic hydroxyl groups excluding tert-OH is 1. The summed E-state index contributed by atoms with van der Waals surface area (Å²) in [7, 11) is -12.7. The van der Waals surface area contributed by atoms with Crippen LogP contribution in [-0.2, 0) is 59.0 Å². The summed E-state index contributed by atoms with van der Waals surface area (Å²) >= 11 is 0. The highest BCUT2D eigenvalue weighted by Gasteiger charge is 2.51. The molecule has 194 valence electrons. The van der Waals surface area contributed by atoms with Crippen molar-refractivity contribution in [3.63, 3.8) is 0 Å². The van der Waals surface area contributed by atoms with Crippen molar-refractivity contribution in [3.8, 4) is 0 Å². The monoisotopic (exact) mass is 547 g/mol. The quantitative estimate of drug-likeness (QED) is 0.327. The maximum absolute atomic E-state index is 12.3. The average Bonchev–Trinajstić information content (AvgIpc) is 2.68. The molecule has 0 spiro atoms. The highest BCUT2D eigenvalue weighted by Crippen LogP contribution is 2.28. The van der Waals surface area contributed by atoms with Gasteiger partial charge in [0.25, 0.3) is 30.4 Å². The van der Waals surface area contributed by atoms with Crippen LogP contribution in [0.25, 0.3) is 0 Å². The Kier molecular flexibility index (Phi) is 9.39. The van der Waals surface area contributed by atoms with Crippen LogP contribution in [0.2, 0.25) is 0 Å². The molecule has 34 heavy (non-hydrogen) atoms. The van der Waals surface area contributed by atoms with Crippen molar-refractivity contribution in [1.29, 1.82) is 0 Å². The van der Waals surface area contributed by atoms with E-state index in [1.165, 1.54) is 0 Å². The third kappa shape index (κ3) is 9.79. The summed E-state index contributed by atoms with van der Waals surface area (Å²) in [4.78, 5) is 12.3. The molecule has 0 saturated carbocycles. The van der Waals surface area contributed by atoms with E-state index in [9.17, 15) is 35.2 Å². The van der Waals surface area contributed by atoms with Crippen LogP contribution < -0.4 is 5.32 Å². The minimum absolute atomic E-state index is 0.179. The van der Waals surface area contributed by atoms with E-state index in [0.717, 1.165) is 0 Å². The zero-order valence-corrected chi connectivity index (χ0v) is 20.7.